The van der Waals surface area contributed by atoms with Gasteiger partial charge in [0.15, 0.2) is 17.8 Å². The molecule has 2 aromatic heterocycles. The van der Waals surface area contributed by atoms with E-state index in [1.54, 1.807) is 54.0 Å². The number of hydrogen-bond donors (Lipinski definition) is 9. The number of halogens is 1. The van der Waals surface area contributed by atoms with Crippen LogP contribution in [0.3, 0.4) is 0 Å². The Morgan fingerprint density at radius 3 is 2.39 bits per heavy atom. The average molecular weight is 934 g/mol. The van der Waals surface area contributed by atoms with Gasteiger partial charge in [0.05, 0.1) is 44.5 Å². The van der Waals surface area contributed by atoms with E-state index in [9.17, 15) is 49.8 Å². The Morgan fingerprint density at radius 1 is 0.939 bits per heavy atom. The predicted octanol–water partition coefficient (Wildman–Crippen LogP) is 1.12. The number of ether oxygens (including phenoxy) is 3. The zero-order valence-corrected chi connectivity index (χ0v) is 36.8. The second kappa shape index (κ2) is 22.7. The summed E-state index contributed by atoms with van der Waals surface area (Å²) >= 11 is 6.05. The second-order valence-corrected chi connectivity index (χ2v) is 15.9. The molecule has 6 atom stereocenters. The molecule has 0 spiro atoms. The van der Waals surface area contributed by atoms with Crippen molar-refractivity contribution in [2.45, 2.75) is 75.9 Å². The Labute approximate surface area is 383 Å². The van der Waals surface area contributed by atoms with E-state index in [-0.39, 0.29) is 55.9 Å². The molecule has 5 aromatic rings. The highest BCUT2D eigenvalue weighted by atomic mass is 35.5. The second-order valence-electron chi connectivity index (χ2n) is 15.5. The van der Waals surface area contributed by atoms with Crippen molar-refractivity contribution in [3.05, 3.63) is 106 Å². The molecular weight excluding hydrogens is 882 g/mol. The average Bonchev–Trinajstić information content (AvgIpc) is 3.87. The third kappa shape index (κ3) is 12.3. The van der Waals surface area contributed by atoms with Crippen LogP contribution in [0.2, 0.25) is 5.02 Å². The van der Waals surface area contributed by atoms with Crippen molar-refractivity contribution in [1.29, 1.82) is 0 Å². The number of aromatic nitrogens is 4. The van der Waals surface area contributed by atoms with Gasteiger partial charge >= 0.3 is 0 Å². The Bertz CT molecular complexity index is 2530. The van der Waals surface area contributed by atoms with Gasteiger partial charge in [0.1, 0.15) is 36.2 Å². The minimum atomic E-state index is -1.60. The maximum absolute atomic E-state index is 13.7. The first-order valence-corrected chi connectivity index (χ1v) is 21.4. The number of benzene rings is 3. The van der Waals surface area contributed by atoms with Gasteiger partial charge in [-0.3, -0.25) is 23.7 Å². The summed E-state index contributed by atoms with van der Waals surface area (Å²) in [6.45, 7) is 1.67. The monoisotopic (exact) mass is 933 g/mol. The van der Waals surface area contributed by atoms with E-state index in [0.29, 0.717) is 69.1 Å². The Kier molecular flexibility index (Phi) is 16.9. The lowest BCUT2D eigenvalue weighted by atomic mass is 9.99. The number of aliphatic hydroxyl groups is 4. The first-order valence-electron chi connectivity index (χ1n) is 21.0. The third-order valence-corrected chi connectivity index (χ3v) is 11.2. The molecular formula is C45H52ClN7O13. The van der Waals surface area contributed by atoms with Gasteiger partial charge in [-0.15, -0.1) is 5.10 Å². The van der Waals surface area contributed by atoms with Crippen LogP contribution >= 0.6 is 11.6 Å². The van der Waals surface area contributed by atoms with Crippen LogP contribution in [0, 0.1) is 6.92 Å². The number of carbonyl (C=O) groups excluding carboxylic acids is 4. The largest absolute Gasteiger partial charge is 0.504 e. The minimum absolute atomic E-state index is 0.00718. The van der Waals surface area contributed by atoms with E-state index >= 15 is 0 Å². The summed E-state index contributed by atoms with van der Waals surface area (Å²) in [6.07, 6.45) is -2.24. The summed E-state index contributed by atoms with van der Waals surface area (Å²) in [5.74, 6) is -1.85. The molecule has 20 nitrogen and oxygen atoms in total. The number of methoxy groups -OCH3 is 1. The summed E-state index contributed by atoms with van der Waals surface area (Å²) in [6, 6.07) is 14.8. The van der Waals surface area contributed by atoms with Gasteiger partial charge in [-0.25, -0.2) is 4.68 Å². The quantitative estimate of drug-likeness (QED) is 0.0300. The zero-order valence-electron chi connectivity index (χ0n) is 36.0. The van der Waals surface area contributed by atoms with Crippen molar-refractivity contribution in [2.75, 3.05) is 33.4 Å². The zero-order chi connectivity index (χ0) is 47.5. The summed E-state index contributed by atoms with van der Waals surface area (Å²) in [5.41, 5.74) is 3.07. The number of aromatic hydroxyl groups is 2. The molecule has 1 fully saturated rings. The molecule has 1 aliphatic rings. The fourth-order valence-electron chi connectivity index (χ4n) is 7.29. The number of nitrogens with zero attached hydrogens (tertiary/aromatic N) is 4. The number of fused-ring (bicyclic) bond motifs is 1. The van der Waals surface area contributed by atoms with Gasteiger partial charge < -0.3 is 60.8 Å². The normalized spacial score (nSPS) is 18.9. The van der Waals surface area contributed by atoms with Crippen molar-refractivity contribution >= 4 is 52.2 Å². The van der Waals surface area contributed by atoms with Crippen LogP contribution in [-0.2, 0) is 43.2 Å². The van der Waals surface area contributed by atoms with E-state index in [0.717, 1.165) is 6.08 Å². The van der Waals surface area contributed by atoms with Crippen LogP contribution in [-0.4, -0.2) is 144 Å². The van der Waals surface area contributed by atoms with E-state index in [1.807, 2.05) is 0 Å². The molecule has 1 saturated heterocycles. The molecule has 0 bridgehead atoms. The third-order valence-electron chi connectivity index (χ3n) is 10.9. The molecule has 352 valence electrons. The van der Waals surface area contributed by atoms with Gasteiger partial charge in [-0.05, 0) is 91.6 Å². The SMILES string of the molecule is COc1ccc2c(c1)c(CC(=O)NCCCCNC(=O)[C@H](Cc1cn(CCOC3O[C@@H](CO)[C@@H](O)[C@H](O)[C@@H]3O)nn1)NC(=O)/C=C/c1ccc(O)c(O)c1)c(C)n2C(=O)c1ccc(Cl)cc1. The maximum atomic E-state index is 13.7. The molecule has 3 heterocycles. The molecule has 0 aliphatic carbocycles. The number of phenolic OH excluding ortho intramolecular Hbond substituents is 2. The van der Waals surface area contributed by atoms with Gasteiger partial charge in [0.2, 0.25) is 17.7 Å². The molecule has 3 aromatic carbocycles. The fourth-order valence-corrected chi connectivity index (χ4v) is 7.42. The molecule has 0 radical (unpaired) electrons. The summed E-state index contributed by atoms with van der Waals surface area (Å²) < 4.78 is 19.3. The molecule has 3 amide bonds. The van der Waals surface area contributed by atoms with Crippen LogP contribution in [0.4, 0.5) is 0 Å². The fraction of sp³-hybridized carbons (Fsp3) is 0.378. The van der Waals surface area contributed by atoms with Crippen LogP contribution < -0.4 is 20.7 Å². The Hall–Kier alpha value is -6.39. The van der Waals surface area contributed by atoms with Gasteiger partial charge in [0.25, 0.3) is 5.91 Å². The number of nitrogens with one attached hydrogen (secondary N) is 3. The summed E-state index contributed by atoms with van der Waals surface area (Å²) in [7, 11) is 1.54. The van der Waals surface area contributed by atoms with Crippen molar-refractivity contribution in [1.82, 2.24) is 35.5 Å². The van der Waals surface area contributed by atoms with Crippen LogP contribution in [0.1, 0.15) is 45.7 Å². The molecule has 0 saturated carbocycles. The lowest BCUT2D eigenvalue weighted by molar-refractivity contribution is -0.301. The summed E-state index contributed by atoms with van der Waals surface area (Å²) in [5, 5.41) is 76.9. The highest BCUT2D eigenvalue weighted by Gasteiger charge is 2.44. The van der Waals surface area contributed by atoms with E-state index in [1.165, 1.54) is 42.3 Å². The van der Waals surface area contributed by atoms with Gasteiger partial charge in [-0.1, -0.05) is 22.9 Å². The number of rotatable bonds is 20. The first kappa shape index (κ1) is 49.1. The smallest absolute Gasteiger partial charge is 0.262 e. The van der Waals surface area contributed by atoms with Crippen molar-refractivity contribution in [2.24, 2.45) is 0 Å². The van der Waals surface area contributed by atoms with E-state index in [2.05, 4.69) is 26.3 Å². The number of amides is 3. The number of unbranched alkanes of at least 4 members (excludes halogenated alkanes) is 1. The lowest BCUT2D eigenvalue weighted by Crippen LogP contribution is -2.59. The first-order chi connectivity index (χ1) is 31.7. The number of carbonyl (C=O) groups is 4. The Morgan fingerprint density at radius 2 is 1.68 bits per heavy atom. The van der Waals surface area contributed by atoms with Crippen LogP contribution in [0.25, 0.3) is 17.0 Å². The molecule has 66 heavy (non-hydrogen) atoms. The van der Waals surface area contributed by atoms with Crippen LogP contribution in [0.5, 0.6) is 17.2 Å². The van der Waals surface area contributed by atoms with E-state index in [4.69, 9.17) is 25.8 Å². The Balaban J connectivity index is 1.03. The molecule has 1 unspecified atom stereocenters. The van der Waals surface area contributed by atoms with Crippen LogP contribution in [0.15, 0.2) is 72.9 Å². The predicted molar refractivity (Wildman–Crippen MR) is 238 cm³/mol. The van der Waals surface area contributed by atoms with Crippen molar-refractivity contribution < 1.29 is 64.0 Å². The van der Waals surface area contributed by atoms with Gasteiger partial charge in [-0.2, -0.15) is 0 Å². The lowest BCUT2D eigenvalue weighted by Gasteiger charge is -2.39. The van der Waals surface area contributed by atoms with Crippen molar-refractivity contribution in [3.8, 4) is 17.2 Å². The highest BCUT2D eigenvalue weighted by molar-refractivity contribution is 6.30. The number of phenols is 2. The molecule has 6 rings (SSSR count). The van der Waals surface area contributed by atoms with Gasteiger partial charge in [0, 0.05) is 53.4 Å². The van der Waals surface area contributed by atoms with E-state index < -0.39 is 55.2 Å². The molecule has 1 aliphatic heterocycles. The highest BCUT2D eigenvalue weighted by Crippen LogP contribution is 2.31. The van der Waals surface area contributed by atoms with Crippen molar-refractivity contribution in [3.63, 3.8) is 0 Å². The topological polar surface area (TPSA) is 289 Å². The number of hydrogen-bond acceptors (Lipinski definition) is 15. The maximum Gasteiger partial charge on any atom is 0.262 e. The standard InChI is InChI=1S/C45H52ClN7O13/c1-25-31(32-21-30(64-2)11-12-34(32)53(25)44(63)27-7-9-28(46)10-8-27)22-39(58)47-15-3-4-16-48-43(62)33(49-38(57)14-6-26-5-13-35(55)36(56)19-26)20-29-23-52(51-50-29)17-18-65-45-42(61)41(60)40(59)37(24-54)66-45/h5-14,19,21,23,33,37,40-42,45,54-56,59-61H,3-4,15-18,20,22,24H2,1-2H3,(H,47,58)(H,48,62)(H,49,57)/b14-6+/t33-,37-,40+,41-,42-,45?/m0/s1. The summed E-state index contributed by atoms with van der Waals surface area (Å²) in [4.78, 5) is 53.5. The molecule has 21 heteroatoms. The minimum Gasteiger partial charge on any atom is -0.504 e. The number of aliphatic hydroxyl groups excluding tert-OH is 4. The molecule has 9 N–H and O–H groups in total.